The molecule has 6 nitrogen and oxygen atoms in total. The lowest BCUT2D eigenvalue weighted by Gasteiger charge is -2.17. The van der Waals surface area contributed by atoms with Crippen molar-refractivity contribution in [3.63, 3.8) is 0 Å². The van der Waals surface area contributed by atoms with Crippen LogP contribution in [0.2, 0.25) is 5.02 Å². The Morgan fingerprint density at radius 3 is 3.00 bits per heavy atom. The van der Waals surface area contributed by atoms with Crippen LogP contribution in [0.15, 0.2) is 42.6 Å². The Bertz CT molecular complexity index is 812. The van der Waals surface area contributed by atoms with Crippen molar-refractivity contribution < 1.29 is 14.3 Å². The van der Waals surface area contributed by atoms with E-state index in [0.717, 1.165) is 12.0 Å². The van der Waals surface area contributed by atoms with Gasteiger partial charge in [-0.1, -0.05) is 23.7 Å². The normalized spacial score (nSPS) is 16.6. The Kier molecular flexibility index (Phi) is 5.73. The van der Waals surface area contributed by atoms with Crippen molar-refractivity contribution in [2.75, 3.05) is 20.2 Å². The first-order valence-electron chi connectivity index (χ1n) is 8.39. The van der Waals surface area contributed by atoms with E-state index < -0.39 is 0 Å². The van der Waals surface area contributed by atoms with Gasteiger partial charge in [-0.25, -0.2) is 4.98 Å². The highest BCUT2D eigenvalue weighted by Crippen LogP contribution is 2.17. The van der Waals surface area contributed by atoms with E-state index in [0.29, 0.717) is 30.1 Å². The molecule has 0 aliphatic carbocycles. The number of carbonyl (C=O) groups excluding carboxylic acids is 2. The smallest absolute Gasteiger partial charge is 0.257 e. The zero-order valence-corrected chi connectivity index (χ0v) is 15.2. The monoisotopic (exact) mass is 373 g/mol. The van der Waals surface area contributed by atoms with Crippen molar-refractivity contribution >= 4 is 23.4 Å². The zero-order valence-electron chi connectivity index (χ0n) is 14.4. The number of ether oxygens (including phenoxy) is 1. The van der Waals surface area contributed by atoms with Crippen molar-refractivity contribution in [3.8, 4) is 5.88 Å². The summed E-state index contributed by atoms with van der Waals surface area (Å²) >= 11 is 5.99. The van der Waals surface area contributed by atoms with Crippen LogP contribution in [-0.2, 0) is 11.2 Å². The molecule has 26 heavy (non-hydrogen) atoms. The van der Waals surface area contributed by atoms with E-state index in [1.807, 2.05) is 24.3 Å². The van der Waals surface area contributed by atoms with E-state index in [-0.39, 0.29) is 23.7 Å². The minimum atomic E-state index is -0.288. The van der Waals surface area contributed by atoms with Crippen LogP contribution in [0.1, 0.15) is 22.3 Å². The molecule has 1 N–H and O–H groups in total. The second-order valence-corrected chi connectivity index (χ2v) is 6.59. The van der Waals surface area contributed by atoms with Gasteiger partial charge >= 0.3 is 0 Å². The van der Waals surface area contributed by atoms with Gasteiger partial charge in [-0.05, 0) is 36.2 Å². The number of amides is 2. The fraction of sp³-hybridized carbons (Fsp3) is 0.316. The highest BCUT2D eigenvalue weighted by Gasteiger charge is 2.31. The lowest BCUT2D eigenvalue weighted by atomic mass is 10.1. The number of pyridine rings is 1. The van der Waals surface area contributed by atoms with Crippen LogP contribution in [0.25, 0.3) is 0 Å². The van der Waals surface area contributed by atoms with E-state index in [1.54, 1.807) is 23.2 Å². The maximum atomic E-state index is 12.4. The van der Waals surface area contributed by atoms with Crippen LogP contribution in [0.5, 0.6) is 5.88 Å². The summed E-state index contributed by atoms with van der Waals surface area (Å²) in [5, 5.41) is 3.58. The summed E-state index contributed by atoms with van der Waals surface area (Å²) in [5.74, 6) is 0.0204. The molecule has 1 aromatic heterocycles. The van der Waals surface area contributed by atoms with Gasteiger partial charge in [0.1, 0.15) is 5.56 Å². The number of likely N-dealkylation sites (tertiary alicyclic amines) is 1. The number of hydrogen-bond donors (Lipinski definition) is 1. The Morgan fingerprint density at radius 1 is 1.38 bits per heavy atom. The third-order valence-corrected chi connectivity index (χ3v) is 4.55. The number of benzene rings is 1. The quantitative estimate of drug-likeness (QED) is 0.843. The molecule has 2 aromatic rings. The minimum absolute atomic E-state index is 0.0375. The van der Waals surface area contributed by atoms with Crippen LogP contribution in [0, 0.1) is 0 Å². The van der Waals surface area contributed by atoms with Crippen LogP contribution in [-0.4, -0.2) is 47.9 Å². The Labute approximate surface area is 157 Å². The van der Waals surface area contributed by atoms with Gasteiger partial charge in [-0.2, -0.15) is 0 Å². The molecule has 7 heteroatoms. The first-order chi connectivity index (χ1) is 12.6. The van der Waals surface area contributed by atoms with Crippen LogP contribution in [0.4, 0.5) is 0 Å². The van der Waals surface area contributed by atoms with Gasteiger partial charge in [0, 0.05) is 30.7 Å². The third kappa shape index (κ3) is 4.32. The van der Waals surface area contributed by atoms with E-state index in [2.05, 4.69) is 10.3 Å². The predicted octanol–water partition coefficient (Wildman–Crippen LogP) is 2.32. The molecule has 1 saturated heterocycles. The summed E-state index contributed by atoms with van der Waals surface area (Å²) in [4.78, 5) is 30.5. The molecule has 0 radical (unpaired) electrons. The SMILES string of the molecule is COc1ncccc1C(=O)NC1CC(=O)N(CCc2cccc(Cl)c2)C1. The number of hydrogen-bond acceptors (Lipinski definition) is 4. The molecule has 0 saturated carbocycles. The highest BCUT2D eigenvalue weighted by atomic mass is 35.5. The van der Waals surface area contributed by atoms with Gasteiger partial charge in [0.15, 0.2) is 0 Å². The molecule has 1 fully saturated rings. The fourth-order valence-electron chi connectivity index (χ4n) is 3.03. The van der Waals surface area contributed by atoms with Crippen LogP contribution in [0.3, 0.4) is 0 Å². The van der Waals surface area contributed by atoms with E-state index in [1.165, 1.54) is 7.11 Å². The molecule has 1 aliphatic rings. The van der Waals surface area contributed by atoms with E-state index >= 15 is 0 Å². The standard InChI is InChI=1S/C19H20ClN3O3/c1-26-19-16(6-3-8-21-19)18(25)22-15-11-17(24)23(12-15)9-7-13-4-2-5-14(20)10-13/h2-6,8,10,15H,7,9,11-12H2,1H3,(H,22,25). The molecule has 0 bridgehead atoms. The van der Waals surface area contributed by atoms with Crippen molar-refractivity contribution in [2.24, 2.45) is 0 Å². The maximum Gasteiger partial charge on any atom is 0.257 e. The van der Waals surface area contributed by atoms with Gasteiger partial charge in [-0.3, -0.25) is 9.59 Å². The Balaban J connectivity index is 1.56. The number of rotatable bonds is 6. The van der Waals surface area contributed by atoms with Crippen molar-refractivity contribution in [1.82, 2.24) is 15.2 Å². The molecule has 1 aliphatic heterocycles. The zero-order chi connectivity index (χ0) is 18.5. The highest BCUT2D eigenvalue weighted by molar-refractivity contribution is 6.30. The number of aromatic nitrogens is 1. The molecule has 2 amide bonds. The summed E-state index contributed by atoms with van der Waals surface area (Å²) in [7, 11) is 1.47. The summed E-state index contributed by atoms with van der Waals surface area (Å²) < 4.78 is 5.11. The maximum absolute atomic E-state index is 12.4. The van der Waals surface area contributed by atoms with Crippen molar-refractivity contribution in [3.05, 3.63) is 58.7 Å². The molecule has 1 atom stereocenters. The molecule has 1 aromatic carbocycles. The number of nitrogens with zero attached hydrogens (tertiary/aromatic N) is 2. The summed E-state index contributed by atoms with van der Waals surface area (Å²) in [6.45, 7) is 1.09. The number of halogens is 1. The number of methoxy groups -OCH3 is 1. The lowest BCUT2D eigenvalue weighted by Crippen LogP contribution is -2.37. The van der Waals surface area contributed by atoms with Gasteiger partial charge < -0.3 is 15.0 Å². The summed E-state index contributed by atoms with van der Waals surface area (Å²) in [5.41, 5.74) is 1.44. The predicted molar refractivity (Wildman–Crippen MR) is 98.4 cm³/mol. The number of carbonyl (C=O) groups is 2. The fourth-order valence-corrected chi connectivity index (χ4v) is 3.24. The molecular weight excluding hydrogens is 354 g/mol. The van der Waals surface area contributed by atoms with E-state index in [9.17, 15) is 9.59 Å². The topological polar surface area (TPSA) is 71.5 Å². The molecule has 1 unspecified atom stereocenters. The third-order valence-electron chi connectivity index (χ3n) is 4.32. The average molecular weight is 374 g/mol. The lowest BCUT2D eigenvalue weighted by molar-refractivity contribution is -0.127. The molecule has 3 rings (SSSR count). The average Bonchev–Trinajstić information content (AvgIpc) is 2.99. The Hall–Kier alpha value is -2.60. The first kappa shape index (κ1) is 18.2. The molecule has 136 valence electrons. The second kappa shape index (κ2) is 8.19. The first-order valence-corrected chi connectivity index (χ1v) is 8.76. The van der Waals surface area contributed by atoms with Gasteiger partial charge in [-0.15, -0.1) is 0 Å². The minimum Gasteiger partial charge on any atom is -0.480 e. The molecule has 0 spiro atoms. The second-order valence-electron chi connectivity index (χ2n) is 6.15. The Morgan fingerprint density at radius 2 is 2.23 bits per heavy atom. The van der Waals surface area contributed by atoms with Gasteiger partial charge in [0.05, 0.1) is 13.2 Å². The van der Waals surface area contributed by atoms with Crippen molar-refractivity contribution in [2.45, 2.75) is 18.9 Å². The largest absolute Gasteiger partial charge is 0.480 e. The molecular formula is C19H20ClN3O3. The van der Waals surface area contributed by atoms with Gasteiger partial charge in [0.25, 0.3) is 5.91 Å². The van der Waals surface area contributed by atoms with E-state index in [4.69, 9.17) is 16.3 Å². The molecule has 2 heterocycles. The van der Waals surface area contributed by atoms with Crippen molar-refractivity contribution in [1.29, 1.82) is 0 Å². The van der Waals surface area contributed by atoms with Crippen LogP contribution < -0.4 is 10.1 Å². The van der Waals surface area contributed by atoms with Gasteiger partial charge in [0.2, 0.25) is 11.8 Å². The number of nitrogens with one attached hydrogen (secondary N) is 1. The summed E-state index contributed by atoms with van der Waals surface area (Å²) in [6.07, 6.45) is 2.58. The van der Waals surface area contributed by atoms with Crippen LogP contribution >= 0.6 is 11.6 Å². The summed E-state index contributed by atoms with van der Waals surface area (Å²) in [6, 6.07) is 10.7.